The third-order valence-corrected chi connectivity index (χ3v) is 3.46. The van der Waals surface area contributed by atoms with Crippen LogP contribution in [0, 0.1) is 0 Å². The standard InChI is InChI=1S/C14H12N4O/c15-14-17-10-5-3-7-16-13(10)18(14)11-8-19-12-6-2-1-4-9(11)12/h1-7,11H,8H2,(H2,15,17). The Hall–Kier alpha value is -2.56. The Balaban J connectivity index is 1.95. The Morgan fingerprint density at radius 2 is 2.11 bits per heavy atom. The van der Waals surface area contributed by atoms with Crippen molar-refractivity contribution < 1.29 is 4.74 Å². The van der Waals surface area contributed by atoms with Gasteiger partial charge in [-0.15, -0.1) is 0 Å². The van der Waals surface area contributed by atoms with Crippen molar-refractivity contribution in [1.82, 2.24) is 14.5 Å². The number of benzene rings is 1. The van der Waals surface area contributed by atoms with Crippen molar-refractivity contribution in [3.8, 4) is 5.75 Å². The number of aromatic nitrogens is 3. The molecule has 0 spiro atoms. The molecule has 0 saturated carbocycles. The molecule has 3 heterocycles. The molecule has 94 valence electrons. The van der Waals surface area contributed by atoms with Crippen molar-refractivity contribution >= 4 is 17.1 Å². The van der Waals surface area contributed by atoms with Crippen molar-refractivity contribution in [1.29, 1.82) is 0 Å². The summed E-state index contributed by atoms with van der Waals surface area (Å²) < 4.78 is 7.65. The number of hydrogen-bond donors (Lipinski definition) is 1. The number of nitrogens with two attached hydrogens (primary N) is 1. The van der Waals surface area contributed by atoms with E-state index in [9.17, 15) is 0 Å². The van der Waals surface area contributed by atoms with Gasteiger partial charge in [0.2, 0.25) is 5.95 Å². The van der Waals surface area contributed by atoms with E-state index in [1.165, 1.54) is 0 Å². The molecule has 1 unspecified atom stereocenters. The second kappa shape index (κ2) is 3.71. The number of nitrogens with zero attached hydrogens (tertiary/aromatic N) is 3. The molecular weight excluding hydrogens is 240 g/mol. The molecule has 2 N–H and O–H groups in total. The zero-order chi connectivity index (χ0) is 12.8. The highest BCUT2D eigenvalue weighted by Crippen LogP contribution is 2.37. The van der Waals surface area contributed by atoms with E-state index >= 15 is 0 Å². The third kappa shape index (κ3) is 1.41. The number of nitrogen functional groups attached to an aromatic ring is 1. The van der Waals surface area contributed by atoms with Crippen LogP contribution in [0.15, 0.2) is 42.6 Å². The first-order valence-electron chi connectivity index (χ1n) is 6.15. The summed E-state index contributed by atoms with van der Waals surface area (Å²) in [5, 5.41) is 0. The molecule has 5 nitrogen and oxygen atoms in total. The van der Waals surface area contributed by atoms with Gasteiger partial charge in [0.1, 0.15) is 23.9 Å². The molecular formula is C14H12N4O. The van der Waals surface area contributed by atoms with E-state index in [1.54, 1.807) is 6.20 Å². The van der Waals surface area contributed by atoms with Crippen molar-refractivity contribution in [2.45, 2.75) is 6.04 Å². The number of anilines is 1. The second-order valence-corrected chi connectivity index (χ2v) is 4.55. The van der Waals surface area contributed by atoms with Gasteiger partial charge in [0.05, 0.1) is 0 Å². The van der Waals surface area contributed by atoms with Crippen LogP contribution in [-0.2, 0) is 0 Å². The minimum atomic E-state index is 0.0381. The number of rotatable bonds is 1. The maximum atomic E-state index is 6.05. The Bertz CT molecular complexity index is 765. The van der Waals surface area contributed by atoms with E-state index in [-0.39, 0.29) is 6.04 Å². The fourth-order valence-electron chi connectivity index (χ4n) is 2.61. The first kappa shape index (κ1) is 10.4. The lowest BCUT2D eigenvalue weighted by Gasteiger charge is -2.12. The molecule has 4 rings (SSSR count). The van der Waals surface area contributed by atoms with E-state index < -0.39 is 0 Å². The average Bonchev–Trinajstić information content (AvgIpc) is 2.98. The first-order chi connectivity index (χ1) is 9.34. The van der Waals surface area contributed by atoms with Gasteiger partial charge >= 0.3 is 0 Å². The van der Waals surface area contributed by atoms with E-state index in [4.69, 9.17) is 10.5 Å². The molecule has 0 bridgehead atoms. The number of pyridine rings is 1. The van der Waals surface area contributed by atoms with E-state index in [0.29, 0.717) is 12.6 Å². The molecule has 0 aliphatic carbocycles. The van der Waals surface area contributed by atoms with E-state index in [0.717, 1.165) is 22.5 Å². The van der Waals surface area contributed by atoms with Gasteiger partial charge in [-0.05, 0) is 18.2 Å². The lowest BCUT2D eigenvalue weighted by Crippen LogP contribution is -2.15. The molecule has 19 heavy (non-hydrogen) atoms. The molecule has 0 saturated heterocycles. The number of ether oxygens (including phenoxy) is 1. The van der Waals surface area contributed by atoms with Gasteiger partial charge in [-0.2, -0.15) is 0 Å². The monoisotopic (exact) mass is 252 g/mol. The number of hydrogen-bond acceptors (Lipinski definition) is 4. The van der Waals surface area contributed by atoms with E-state index in [1.807, 2.05) is 34.9 Å². The number of para-hydroxylation sites is 1. The van der Waals surface area contributed by atoms with Gasteiger partial charge in [0.15, 0.2) is 5.65 Å². The summed E-state index contributed by atoms with van der Waals surface area (Å²) in [5.74, 6) is 1.38. The molecule has 1 aliphatic rings. The summed E-state index contributed by atoms with van der Waals surface area (Å²) in [6.45, 7) is 0.561. The number of imidazole rings is 1. The quantitative estimate of drug-likeness (QED) is 0.719. The zero-order valence-corrected chi connectivity index (χ0v) is 10.2. The van der Waals surface area contributed by atoms with Crippen molar-refractivity contribution in [3.05, 3.63) is 48.2 Å². The fraction of sp³-hybridized carbons (Fsp3) is 0.143. The highest BCUT2D eigenvalue weighted by atomic mass is 16.5. The summed E-state index contributed by atoms with van der Waals surface area (Å²) in [5.41, 5.74) is 8.78. The van der Waals surface area contributed by atoms with Crippen LogP contribution in [0.25, 0.3) is 11.2 Å². The van der Waals surface area contributed by atoms with Crippen LogP contribution >= 0.6 is 0 Å². The minimum Gasteiger partial charge on any atom is -0.491 e. The maximum Gasteiger partial charge on any atom is 0.203 e. The molecule has 0 amide bonds. The molecule has 2 aromatic heterocycles. The molecule has 3 aromatic rings. The van der Waals surface area contributed by atoms with Crippen LogP contribution in [0.2, 0.25) is 0 Å². The summed E-state index contributed by atoms with van der Waals surface area (Å²) in [7, 11) is 0. The smallest absolute Gasteiger partial charge is 0.203 e. The lowest BCUT2D eigenvalue weighted by molar-refractivity contribution is 0.319. The third-order valence-electron chi connectivity index (χ3n) is 3.46. The van der Waals surface area contributed by atoms with Gasteiger partial charge in [0.25, 0.3) is 0 Å². The van der Waals surface area contributed by atoms with Gasteiger partial charge < -0.3 is 10.5 Å². The van der Waals surface area contributed by atoms with Crippen LogP contribution in [0.1, 0.15) is 11.6 Å². The zero-order valence-electron chi connectivity index (χ0n) is 10.2. The fourth-order valence-corrected chi connectivity index (χ4v) is 2.61. The molecule has 5 heteroatoms. The van der Waals surface area contributed by atoms with Gasteiger partial charge in [-0.1, -0.05) is 18.2 Å². The first-order valence-corrected chi connectivity index (χ1v) is 6.15. The minimum absolute atomic E-state index is 0.0381. The van der Waals surface area contributed by atoms with Crippen LogP contribution in [0.3, 0.4) is 0 Å². The number of fused-ring (bicyclic) bond motifs is 2. The Labute approximate surface area is 109 Å². The highest BCUT2D eigenvalue weighted by molar-refractivity contribution is 5.74. The summed E-state index contributed by atoms with van der Waals surface area (Å²) >= 11 is 0. The average molecular weight is 252 g/mol. The van der Waals surface area contributed by atoms with E-state index in [2.05, 4.69) is 16.0 Å². The summed E-state index contributed by atoms with van der Waals surface area (Å²) in [6.07, 6.45) is 1.75. The van der Waals surface area contributed by atoms with Gasteiger partial charge in [-0.25, -0.2) is 9.97 Å². The maximum absolute atomic E-state index is 6.05. The normalized spacial score (nSPS) is 17.4. The predicted octanol–water partition coefficient (Wildman–Crippen LogP) is 2.00. The van der Waals surface area contributed by atoms with Crippen LogP contribution in [-0.4, -0.2) is 21.1 Å². The lowest BCUT2D eigenvalue weighted by atomic mass is 10.1. The summed E-state index contributed by atoms with van der Waals surface area (Å²) in [6, 6.07) is 11.8. The topological polar surface area (TPSA) is 66.0 Å². The SMILES string of the molecule is Nc1nc2cccnc2n1C1COc2ccccc21. The summed E-state index contributed by atoms with van der Waals surface area (Å²) in [4.78, 5) is 8.74. The highest BCUT2D eigenvalue weighted by Gasteiger charge is 2.28. The van der Waals surface area contributed by atoms with Crippen LogP contribution in [0.5, 0.6) is 5.75 Å². The molecule has 1 aliphatic heterocycles. The molecule has 0 fully saturated rings. The van der Waals surface area contributed by atoms with Crippen LogP contribution in [0.4, 0.5) is 5.95 Å². The Morgan fingerprint density at radius 3 is 3.05 bits per heavy atom. The van der Waals surface area contributed by atoms with Crippen molar-refractivity contribution in [2.24, 2.45) is 0 Å². The Kier molecular flexibility index (Phi) is 2.03. The second-order valence-electron chi connectivity index (χ2n) is 4.55. The predicted molar refractivity (Wildman–Crippen MR) is 72.0 cm³/mol. The largest absolute Gasteiger partial charge is 0.491 e. The van der Waals surface area contributed by atoms with Crippen molar-refractivity contribution in [2.75, 3.05) is 12.3 Å². The van der Waals surface area contributed by atoms with Gasteiger partial charge in [-0.3, -0.25) is 4.57 Å². The van der Waals surface area contributed by atoms with Crippen LogP contribution < -0.4 is 10.5 Å². The molecule has 0 radical (unpaired) electrons. The molecule has 1 aromatic carbocycles. The Morgan fingerprint density at radius 1 is 1.21 bits per heavy atom. The van der Waals surface area contributed by atoms with Gasteiger partial charge in [0, 0.05) is 11.8 Å². The van der Waals surface area contributed by atoms with Crippen molar-refractivity contribution in [3.63, 3.8) is 0 Å². The molecule has 1 atom stereocenters.